The molecule has 1 rings (SSSR count). The van der Waals surface area contributed by atoms with E-state index in [-0.39, 0.29) is 25.1 Å². The Hall–Kier alpha value is -1.71. The summed E-state index contributed by atoms with van der Waals surface area (Å²) < 4.78 is 0. The Morgan fingerprint density at radius 2 is 2.25 bits per heavy atom. The molecule has 0 aliphatic heterocycles. The number of urea groups is 1. The van der Waals surface area contributed by atoms with E-state index >= 15 is 0 Å². The molecule has 0 aromatic heterocycles. The zero-order valence-corrected chi connectivity index (χ0v) is 12.5. The molecule has 2 N–H and O–H groups in total. The molecular formula is C14H19N3O2S. The van der Waals surface area contributed by atoms with E-state index in [2.05, 4.69) is 11.4 Å². The third-order valence-electron chi connectivity index (χ3n) is 2.62. The lowest BCUT2D eigenvalue weighted by Gasteiger charge is -2.18. The van der Waals surface area contributed by atoms with E-state index in [1.807, 2.05) is 31.2 Å². The second-order valence-electron chi connectivity index (χ2n) is 4.41. The summed E-state index contributed by atoms with van der Waals surface area (Å²) in [5, 5.41) is 20.4. The number of hydrogen-bond acceptors (Lipinski definition) is 4. The van der Waals surface area contributed by atoms with Gasteiger partial charge in [-0.25, -0.2) is 4.79 Å². The summed E-state index contributed by atoms with van der Waals surface area (Å²) in [6.07, 6.45) is 0. The van der Waals surface area contributed by atoms with Crippen LogP contribution in [0.5, 0.6) is 0 Å². The molecule has 5 nitrogen and oxygen atoms in total. The van der Waals surface area contributed by atoms with Gasteiger partial charge < -0.3 is 15.3 Å². The number of hydrogen-bond donors (Lipinski definition) is 2. The predicted molar refractivity (Wildman–Crippen MR) is 80.7 cm³/mol. The van der Waals surface area contributed by atoms with Gasteiger partial charge in [0.25, 0.3) is 0 Å². The molecule has 0 heterocycles. The quantitative estimate of drug-likeness (QED) is 0.790. The molecule has 6 heteroatoms. The normalized spacial score (nSPS) is 11.5. The summed E-state index contributed by atoms with van der Waals surface area (Å²) in [7, 11) is 1.62. The minimum Gasteiger partial charge on any atom is -0.395 e. The maximum absolute atomic E-state index is 11.9. The van der Waals surface area contributed by atoms with Crippen molar-refractivity contribution in [3.8, 4) is 6.07 Å². The van der Waals surface area contributed by atoms with Crippen LogP contribution in [0.3, 0.4) is 0 Å². The van der Waals surface area contributed by atoms with Crippen LogP contribution in [0.25, 0.3) is 0 Å². The Kier molecular flexibility index (Phi) is 6.91. The van der Waals surface area contributed by atoms with Crippen LogP contribution in [0.4, 0.5) is 10.5 Å². The first kappa shape index (κ1) is 16.3. The Balaban J connectivity index is 2.70. The summed E-state index contributed by atoms with van der Waals surface area (Å²) in [5.41, 5.74) is 0.720. The number of thioether (sulfide) groups is 1. The van der Waals surface area contributed by atoms with Gasteiger partial charge in [0, 0.05) is 24.2 Å². The molecule has 1 atom stereocenters. The van der Waals surface area contributed by atoms with E-state index in [0.717, 1.165) is 10.6 Å². The van der Waals surface area contributed by atoms with Crippen molar-refractivity contribution in [2.45, 2.75) is 11.8 Å². The average molecular weight is 293 g/mol. The van der Waals surface area contributed by atoms with Crippen molar-refractivity contribution < 1.29 is 9.90 Å². The summed E-state index contributed by atoms with van der Waals surface area (Å²) in [6.45, 7) is 2.08. The molecule has 108 valence electrons. The second-order valence-corrected chi connectivity index (χ2v) is 5.47. The van der Waals surface area contributed by atoms with E-state index in [1.54, 1.807) is 18.8 Å². The summed E-state index contributed by atoms with van der Waals surface area (Å²) in [5.74, 6) is 0.636. The van der Waals surface area contributed by atoms with Gasteiger partial charge in [0.2, 0.25) is 0 Å². The first-order valence-corrected chi connectivity index (χ1v) is 7.31. The van der Waals surface area contributed by atoms with Crippen LogP contribution >= 0.6 is 11.8 Å². The van der Waals surface area contributed by atoms with Crippen LogP contribution in [-0.4, -0.2) is 42.0 Å². The highest BCUT2D eigenvalue weighted by molar-refractivity contribution is 7.99. The fourth-order valence-electron chi connectivity index (χ4n) is 1.41. The van der Waals surface area contributed by atoms with Crippen LogP contribution < -0.4 is 5.32 Å². The Labute approximate surface area is 123 Å². The monoisotopic (exact) mass is 293 g/mol. The van der Waals surface area contributed by atoms with Crippen molar-refractivity contribution in [3.63, 3.8) is 0 Å². The SMILES string of the molecule is CC(C#N)CSc1ccccc1NC(=O)N(C)CCO. The lowest BCUT2D eigenvalue weighted by Crippen LogP contribution is -2.33. The van der Waals surface area contributed by atoms with Crippen molar-refractivity contribution in [2.24, 2.45) is 5.92 Å². The molecule has 1 unspecified atom stereocenters. The molecule has 0 saturated heterocycles. The standard InChI is InChI=1S/C14H19N3O2S/c1-11(9-15)10-20-13-6-4-3-5-12(13)16-14(19)17(2)7-8-18/h3-6,11,18H,7-8,10H2,1-2H3,(H,16,19). The molecule has 2 amide bonds. The predicted octanol–water partition coefficient (Wildman–Crippen LogP) is 2.39. The van der Waals surface area contributed by atoms with Crippen molar-refractivity contribution >= 4 is 23.5 Å². The first-order chi connectivity index (χ1) is 9.58. The number of rotatable bonds is 6. The third kappa shape index (κ3) is 5.11. The number of nitrogens with zero attached hydrogens (tertiary/aromatic N) is 2. The second kappa shape index (κ2) is 8.46. The smallest absolute Gasteiger partial charge is 0.321 e. The molecule has 0 aliphatic rings. The molecule has 0 bridgehead atoms. The molecule has 0 aliphatic carbocycles. The molecule has 0 radical (unpaired) electrons. The van der Waals surface area contributed by atoms with E-state index in [0.29, 0.717) is 5.75 Å². The number of nitrogens with one attached hydrogen (secondary N) is 1. The molecule has 20 heavy (non-hydrogen) atoms. The Bertz CT molecular complexity index is 488. The maximum atomic E-state index is 11.9. The van der Waals surface area contributed by atoms with E-state index < -0.39 is 0 Å². The largest absolute Gasteiger partial charge is 0.395 e. The number of benzene rings is 1. The Morgan fingerprint density at radius 1 is 1.55 bits per heavy atom. The first-order valence-electron chi connectivity index (χ1n) is 6.33. The number of carbonyl (C=O) groups excluding carboxylic acids is 1. The van der Waals surface area contributed by atoms with Gasteiger partial charge in [-0.05, 0) is 19.1 Å². The maximum Gasteiger partial charge on any atom is 0.321 e. The van der Waals surface area contributed by atoms with Gasteiger partial charge in [-0.1, -0.05) is 12.1 Å². The number of aliphatic hydroxyl groups excluding tert-OH is 1. The van der Waals surface area contributed by atoms with Crippen molar-refractivity contribution in [3.05, 3.63) is 24.3 Å². The van der Waals surface area contributed by atoms with Gasteiger partial charge in [-0.15, -0.1) is 11.8 Å². The van der Waals surface area contributed by atoms with Crippen LogP contribution in [-0.2, 0) is 0 Å². The number of anilines is 1. The van der Waals surface area contributed by atoms with Crippen LogP contribution in [0.1, 0.15) is 6.92 Å². The van der Waals surface area contributed by atoms with Gasteiger partial charge in [0.1, 0.15) is 0 Å². The molecular weight excluding hydrogens is 274 g/mol. The molecule has 0 fully saturated rings. The van der Waals surface area contributed by atoms with Crippen LogP contribution in [0.2, 0.25) is 0 Å². The number of para-hydroxylation sites is 1. The number of likely N-dealkylation sites (N-methyl/N-ethyl adjacent to an activating group) is 1. The summed E-state index contributed by atoms with van der Waals surface area (Å²) in [4.78, 5) is 14.2. The number of carbonyl (C=O) groups is 1. The molecule has 1 aromatic rings. The van der Waals surface area contributed by atoms with Gasteiger partial charge in [0.05, 0.1) is 24.3 Å². The highest BCUT2D eigenvalue weighted by atomic mass is 32.2. The van der Waals surface area contributed by atoms with Gasteiger partial charge >= 0.3 is 6.03 Å². The lowest BCUT2D eigenvalue weighted by atomic mass is 10.3. The van der Waals surface area contributed by atoms with Gasteiger partial charge in [-0.3, -0.25) is 0 Å². The van der Waals surface area contributed by atoms with E-state index in [4.69, 9.17) is 10.4 Å². The fourth-order valence-corrected chi connectivity index (χ4v) is 2.36. The molecule has 0 spiro atoms. The summed E-state index contributed by atoms with van der Waals surface area (Å²) >= 11 is 1.54. The number of nitriles is 1. The zero-order valence-electron chi connectivity index (χ0n) is 11.7. The minimum absolute atomic E-state index is 0.0409. The van der Waals surface area contributed by atoms with E-state index in [1.165, 1.54) is 4.90 Å². The summed E-state index contributed by atoms with van der Waals surface area (Å²) in [6, 6.07) is 9.40. The van der Waals surface area contributed by atoms with Crippen LogP contribution in [0, 0.1) is 17.2 Å². The van der Waals surface area contributed by atoms with Crippen molar-refractivity contribution in [2.75, 3.05) is 31.3 Å². The number of aliphatic hydroxyl groups is 1. The lowest BCUT2D eigenvalue weighted by molar-refractivity contribution is 0.202. The third-order valence-corrected chi connectivity index (χ3v) is 3.95. The highest BCUT2D eigenvalue weighted by Gasteiger charge is 2.11. The van der Waals surface area contributed by atoms with Crippen molar-refractivity contribution in [1.82, 2.24) is 4.90 Å². The molecule has 1 aromatic carbocycles. The van der Waals surface area contributed by atoms with Crippen LogP contribution in [0.15, 0.2) is 29.2 Å². The highest BCUT2D eigenvalue weighted by Crippen LogP contribution is 2.28. The van der Waals surface area contributed by atoms with Gasteiger partial charge in [-0.2, -0.15) is 5.26 Å². The number of amides is 2. The molecule has 0 saturated carbocycles. The average Bonchev–Trinajstić information content (AvgIpc) is 2.46. The van der Waals surface area contributed by atoms with Gasteiger partial charge in [0.15, 0.2) is 0 Å². The topological polar surface area (TPSA) is 76.4 Å². The minimum atomic E-state index is -0.263. The zero-order chi connectivity index (χ0) is 15.0. The fraction of sp³-hybridized carbons (Fsp3) is 0.429. The Morgan fingerprint density at radius 3 is 2.90 bits per heavy atom. The van der Waals surface area contributed by atoms with Crippen molar-refractivity contribution in [1.29, 1.82) is 5.26 Å². The van der Waals surface area contributed by atoms with E-state index in [9.17, 15) is 4.79 Å².